The quantitative estimate of drug-likeness (QED) is 0.753. The van der Waals surface area contributed by atoms with Crippen LogP contribution in [0.3, 0.4) is 0 Å². The van der Waals surface area contributed by atoms with Crippen molar-refractivity contribution in [2.45, 2.75) is 46.1 Å². The topological polar surface area (TPSA) is 30.5 Å². The maximum atomic E-state index is 5.87. The first-order valence-electron chi connectivity index (χ1n) is 7.92. The Morgan fingerprint density at radius 3 is 2.62 bits per heavy atom. The lowest BCUT2D eigenvalue weighted by atomic mass is 9.96. The zero-order valence-corrected chi connectivity index (χ0v) is 14.2. The Bertz CT molecular complexity index is 398. The first-order chi connectivity index (χ1) is 9.94. The van der Waals surface area contributed by atoms with Crippen LogP contribution in [0.2, 0.25) is 0 Å². The van der Waals surface area contributed by atoms with Crippen LogP contribution in [0, 0.1) is 5.92 Å². The molecule has 0 aliphatic heterocycles. The Kier molecular flexibility index (Phi) is 7.76. The molecule has 0 aromatic heterocycles. The zero-order chi connectivity index (χ0) is 15.7. The second kappa shape index (κ2) is 9.06. The number of nitrogens with one attached hydrogen (secondary N) is 1. The molecule has 0 saturated carbocycles. The Morgan fingerprint density at radius 2 is 2.00 bits per heavy atom. The van der Waals surface area contributed by atoms with Gasteiger partial charge in [0.25, 0.3) is 0 Å². The highest BCUT2D eigenvalue weighted by atomic mass is 16.5. The van der Waals surface area contributed by atoms with Crippen LogP contribution in [0.15, 0.2) is 24.3 Å². The van der Waals surface area contributed by atoms with E-state index in [2.05, 4.69) is 51.2 Å². The third-order valence-electron chi connectivity index (χ3n) is 3.40. The van der Waals surface area contributed by atoms with Gasteiger partial charge in [0.2, 0.25) is 0 Å². The Hall–Kier alpha value is -1.06. The van der Waals surface area contributed by atoms with Crippen molar-refractivity contribution in [2.24, 2.45) is 5.92 Å². The van der Waals surface area contributed by atoms with E-state index >= 15 is 0 Å². The lowest BCUT2D eigenvalue weighted by Crippen LogP contribution is -2.27. The van der Waals surface area contributed by atoms with Crippen LogP contribution in [0.1, 0.15) is 39.7 Å². The molecule has 1 aromatic rings. The van der Waals surface area contributed by atoms with Gasteiger partial charge >= 0.3 is 0 Å². The smallest absolute Gasteiger partial charge is 0.119 e. The lowest BCUT2D eigenvalue weighted by Gasteiger charge is -2.23. The molecule has 0 bridgehead atoms. The van der Waals surface area contributed by atoms with Crippen molar-refractivity contribution < 1.29 is 9.47 Å². The predicted molar refractivity (Wildman–Crippen MR) is 89.1 cm³/mol. The van der Waals surface area contributed by atoms with E-state index in [1.54, 1.807) is 7.11 Å². The summed E-state index contributed by atoms with van der Waals surface area (Å²) < 4.78 is 11.2. The highest BCUT2D eigenvalue weighted by molar-refractivity contribution is 5.28. The Balaban J connectivity index is 2.55. The summed E-state index contributed by atoms with van der Waals surface area (Å²) in [6, 6.07) is 8.35. The number of methoxy groups -OCH3 is 1. The van der Waals surface area contributed by atoms with E-state index in [1.165, 1.54) is 5.56 Å². The average Bonchev–Trinajstić information content (AvgIpc) is 2.43. The van der Waals surface area contributed by atoms with Crippen LogP contribution in [-0.4, -0.2) is 32.4 Å². The Morgan fingerprint density at radius 1 is 1.24 bits per heavy atom. The average molecular weight is 293 g/mol. The molecule has 0 saturated heterocycles. The Labute approximate surface area is 130 Å². The van der Waals surface area contributed by atoms with Crippen LogP contribution in [0.4, 0.5) is 0 Å². The first kappa shape index (κ1) is 18.0. The molecule has 120 valence electrons. The highest BCUT2D eigenvalue weighted by Crippen LogP contribution is 2.18. The minimum atomic E-state index is -0.0568. The molecular weight excluding hydrogens is 262 g/mol. The van der Waals surface area contributed by atoms with Gasteiger partial charge in [-0.3, -0.25) is 0 Å². The fraction of sp³-hybridized carbons (Fsp3) is 0.667. The number of benzene rings is 1. The van der Waals surface area contributed by atoms with Gasteiger partial charge in [-0.05, 0) is 70.3 Å². The first-order valence-corrected chi connectivity index (χ1v) is 7.92. The molecule has 1 unspecified atom stereocenters. The summed E-state index contributed by atoms with van der Waals surface area (Å²) in [6.07, 6.45) is 2.12. The lowest BCUT2D eigenvalue weighted by molar-refractivity contribution is -0.00918. The SMILES string of the molecule is CCNCC(CCOC(C)(C)C)Cc1cccc(OC)c1. The van der Waals surface area contributed by atoms with Crippen molar-refractivity contribution in [1.29, 1.82) is 0 Å². The predicted octanol–water partition coefficient (Wildman–Crippen LogP) is 3.67. The summed E-state index contributed by atoms with van der Waals surface area (Å²) in [5.41, 5.74) is 1.27. The van der Waals surface area contributed by atoms with Gasteiger partial charge < -0.3 is 14.8 Å². The highest BCUT2D eigenvalue weighted by Gasteiger charge is 2.14. The fourth-order valence-electron chi connectivity index (χ4n) is 2.29. The summed E-state index contributed by atoms with van der Waals surface area (Å²) in [5, 5.41) is 3.46. The summed E-state index contributed by atoms with van der Waals surface area (Å²) in [6.45, 7) is 11.3. The van der Waals surface area contributed by atoms with Crippen molar-refractivity contribution in [3.8, 4) is 5.75 Å². The van der Waals surface area contributed by atoms with Gasteiger partial charge in [-0.15, -0.1) is 0 Å². The van der Waals surface area contributed by atoms with Gasteiger partial charge in [-0.25, -0.2) is 0 Å². The molecule has 0 aliphatic carbocycles. The second-order valence-electron chi connectivity index (χ2n) is 6.48. The standard InChI is InChI=1S/C18H31NO2/c1-6-19-14-16(10-11-21-18(2,3)4)12-15-8-7-9-17(13-15)20-5/h7-9,13,16,19H,6,10-12,14H2,1-5H3. The molecule has 1 rings (SSSR count). The third kappa shape index (κ3) is 8.08. The molecule has 21 heavy (non-hydrogen) atoms. The normalized spacial score (nSPS) is 13.2. The van der Waals surface area contributed by atoms with Gasteiger partial charge in [-0.2, -0.15) is 0 Å². The minimum absolute atomic E-state index is 0.0568. The van der Waals surface area contributed by atoms with Crippen molar-refractivity contribution in [2.75, 3.05) is 26.8 Å². The number of rotatable bonds is 9. The van der Waals surface area contributed by atoms with E-state index in [4.69, 9.17) is 9.47 Å². The largest absolute Gasteiger partial charge is 0.497 e. The van der Waals surface area contributed by atoms with Gasteiger partial charge in [0.05, 0.1) is 12.7 Å². The van der Waals surface area contributed by atoms with Gasteiger partial charge in [0.1, 0.15) is 5.75 Å². The van der Waals surface area contributed by atoms with E-state index in [9.17, 15) is 0 Å². The molecule has 0 heterocycles. The maximum Gasteiger partial charge on any atom is 0.119 e. The minimum Gasteiger partial charge on any atom is -0.497 e. The molecule has 0 fully saturated rings. The van der Waals surface area contributed by atoms with E-state index in [0.29, 0.717) is 5.92 Å². The molecular formula is C18H31NO2. The maximum absolute atomic E-state index is 5.87. The summed E-state index contributed by atoms with van der Waals surface area (Å²) in [7, 11) is 1.71. The van der Waals surface area contributed by atoms with Gasteiger partial charge in [0, 0.05) is 6.61 Å². The van der Waals surface area contributed by atoms with Crippen LogP contribution in [-0.2, 0) is 11.2 Å². The summed E-state index contributed by atoms with van der Waals surface area (Å²) in [5.74, 6) is 1.51. The van der Waals surface area contributed by atoms with Crippen molar-refractivity contribution in [3.05, 3.63) is 29.8 Å². The second-order valence-corrected chi connectivity index (χ2v) is 6.48. The zero-order valence-electron chi connectivity index (χ0n) is 14.2. The van der Waals surface area contributed by atoms with Gasteiger partial charge in [0.15, 0.2) is 0 Å². The van der Waals surface area contributed by atoms with Crippen molar-refractivity contribution in [1.82, 2.24) is 5.32 Å². The van der Waals surface area contributed by atoms with Crippen molar-refractivity contribution in [3.63, 3.8) is 0 Å². The molecule has 1 aromatic carbocycles. The number of ether oxygens (including phenoxy) is 2. The van der Waals surface area contributed by atoms with Crippen molar-refractivity contribution >= 4 is 0 Å². The summed E-state index contributed by atoms with van der Waals surface area (Å²) in [4.78, 5) is 0. The molecule has 1 N–H and O–H groups in total. The summed E-state index contributed by atoms with van der Waals surface area (Å²) >= 11 is 0. The number of hydrogen-bond donors (Lipinski definition) is 1. The van der Waals surface area contributed by atoms with E-state index in [1.807, 2.05) is 6.07 Å². The molecule has 0 radical (unpaired) electrons. The van der Waals surface area contributed by atoms with Crippen LogP contribution in [0.5, 0.6) is 5.75 Å². The fourth-order valence-corrected chi connectivity index (χ4v) is 2.29. The molecule has 0 aliphatic rings. The number of hydrogen-bond acceptors (Lipinski definition) is 3. The van der Waals surface area contributed by atoms with Gasteiger partial charge in [-0.1, -0.05) is 19.1 Å². The monoisotopic (exact) mass is 293 g/mol. The van der Waals surface area contributed by atoms with Crippen LogP contribution >= 0.6 is 0 Å². The van der Waals surface area contributed by atoms with E-state index in [-0.39, 0.29) is 5.60 Å². The third-order valence-corrected chi connectivity index (χ3v) is 3.40. The van der Waals surface area contributed by atoms with Crippen LogP contribution in [0.25, 0.3) is 0 Å². The molecule has 3 nitrogen and oxygen atoms in total. The molecule has 1 atom stereocenters. The van der Waals surface area contributed by atoms with E-state index in [0.717, 1.165) is 38.3 Å². The van der Waals surface area contributed by atoms with Crippen LogP contribution < -0.4 is 10.1 Å². The molecule has 0 spiro atoms. The van der Waals surface area contributed by atoms with E-state index < -0.39 is 0 Å². The molecule has 0 amide bonds. The molecule has 3 heteroatoms.